The average molecular weight is 281 g/mol. The van der Waals surface area contributed by atoms with Crippen LogP contribution in [0.3, 0.4) is 0 Å². The summed E-state index contributed by atoms with van der Waals surface area (Å²) >= 11 is 0. The molecule has 2 aromatic rings. The molecule has 0 aliphatic carbocycles. The first-order chi connectivity index (χ1) is 10.0. The molecule has 0 aromatic heterocycles. The normalized spacial score (nSPS) is 11.2. The summed E-state index contributed by atoms with van der Waals surface area (Å²) in [4.78, 5) is 10.2. The fourth-order valence-electron chi connectivity index (χ4n) is 2.14. The lowest BCUT2D eigenvalue weighted by Gasteiger charge is -2.04. The highest BCUT2D eigenvalue weighted by molar-refractivity contribution is 5.70. The number of benzene rings is 2. The van der Waals surface area contributed by atoms with Crippen LogP contribution in [-0.2, 0) is 6.42 Å². The first kappa shape index (κ1) is 15.0. The van der Waals surface area contributed by atoms with Crippen LogP contribution >= 0.6 is 0 Å². The standard InChI is InChI=1S/C18H19NO2/c1-14(2)13-17-7-5-15(6-8-17)3-4-16-9-11-18(12-10-16)19(20)21/h3-12,14H,13H2,1-2H3/b4-3+. The first-order valence-electron chi connectivity index (χ1n) is 7.06. The van der Waals surface area contributed by atoms with Gasteiger partial charge in [0.05, 0.1) is 4.92 Å². The second-order valence-electron chi connectivity index (χ2n) is 5.52. The van der Waals surface area contributed by atoms with Crippen molar-refractivity contribution in [1.29, 1.82) is 0 Å². The van der Waals surface area contributed by atoms with Crippen molar-refractivity contribution >= 4 is 17.8 Å². The molecule has 108 valence electrons. The Morgan fingerprint density at radius 3 is 1.86 bits per heavy atom. The molecular formula is C18H19NO2. The SMILES string of the molecule is CC(C)Cc1ccc(/C=C/c2ccc([N+](=O)[O-])cc2)cc1. The van der Waals surface area contributed by atoms with Crippen LogP contribution in [0.4, 0.5) is 5.69 Å². The van der Waals surface area contributed by atoms with Crippen LogP contribution in [0.5, 0.6) is 0 Å². The number of nitro groups is 1. The summed E-state index contributed by atoms with van der Waals surface area (Å²) in [6.45, 7) is 4.42. The third-order valence-corrected chi connectivity index (χ3v) is 3.20. The van der Waals surface area contributed by atoms with E-state index in [2.05, 4.69) is 38.1 Å². The maximum absolute atomic E-state index is 10.6. The van der Waals surface area contributed by atoms with Gasteiger partial charge < -0.3 is 0 Å². The Labute approximate surface area is 125 Å². The van der Waals surface area contributed by atoms with Crippen LogP contribution in [0.2, 0.25) is 0 Å². The topological polar surface area (TPSA) is 43.1 Å². The number of non-ortho nitro benzene ring substituents is 1. The maximum atomic E-state index is 10.6. The van der Waals surface area contributed by atoms with E-state index in [9.17, 15) is 10.1 Å². The van der Waals surface area contributed by atoms with Gasteiger partial charge >= 0.3 is 0 Å². The zero-order chi connectivity index (χ0) is 15.2. The molecule has 0 amide bonds. The molecule has 21 heavy (non-hydrogen) atoms. The Morgan fingerprint density at radius 2 is 1.43 bits per heavy atom. The van der Waals surface area contributed by atoms with Crippen LogP contribution in [0.1, 0.15) is 30.5 Å². The monoisotopic (exact) mass is 281 g/mol. The summed E-state index contributed by atoms with van der Waals surface area (Å²) in [5, 5.41) is 10.6. The van der Waals surface area contributed by atoms with E-state index >= 15 is 0 Å². The zero-order valence-electron chi connectivity index (χ0n) is 12.3. The molecule has 0 atom stereocenters. The Morgan fingerprint density at radius 1 is 0.952 bits per heavy atom. The molecule has 0 bridgehead atoms. The Kier molecular flexibility index (Phi) is 4.88. The number of hydrogen-bond acceptors (Lipinski definition) is 2. The smallest absolute Gasteiger partial charge is 0.258 e. The molecule has 0 saturated heterocycles. The molecule has 0 spiro atoms. The lowest BCUT2D eigenvalue weighted by molar-refractivity contribution is -0.384. The molecule has 0 heterocycles. The van der Waals surface area contributed by atoms with E-state index in [0.717, 1.165) is 17.5 Å². The van der Waals surface area contributed by atoms with Crippen LogP contribution in [0, 0.1) is 16.0 Å². The molecular weight excluding hydrogens is 262 g/mol. The minimum Gasteiger partial charge on any atom is -0.258 e. The van der Waals surface area contributed by atoms with Gasteiger partial charge in [0.2, 0.25) is 0 Å². The summed E-state index contributed by atoms with van der Waals surface area (Å²) in [6, 6.07) is 15.0. The molecule has 3 nitrogen and oxygen atoms in total. The molecule has 0 N–H and O–H groups in total. The molecule has 2 aromatic carbocycles. The number of rotatable bonds is 5. The van der Waals surface area contributed by atoms with E-state index in [1.54, 1.807) is 12.1 Å². The van der Waals surface area contributed by atoms with Crippen molar-refractivity contribution in [2.24, 2.45) is 5.92 Å². The van der Waals surface area contributed by atoms with Gasteiger partial charge in [-0.3, -0.25) is 10.1 Å². The third-order valence-electron chi connectivity index (χ3n) is 3.20. The molecule has 0 aliphatic heterocycles. The molecule has 0 unspecified atom stereocenters. The van der Waals surface area contributed by atoms with Crippen molar-refractivity contribution in [1.82, 2.24) is 0 Å². The van der Waals surface area contributed by atoms with Gasteiger partial charge in [0.25, 0.3) is 5.69 Å². The van der Waals surface area contributed by atoms with Gasteiger partial charge in [-0.1, -0.05) is 50.3 Å². The van der Waals surface area contributed by atoms with Crippen molar-refractivity contribution in [3.8, 4) is 0 Å². The molecule has 0 saturated carbocycles. The van der Waals surface area contributed by atoms with Gasteiger partial charge in [0.1, 0.15) is 0 Å². The largest absolute Gasteiger partial charge is 0.269 e. The van der Waals surface area contributed by atoms with Gasteiger partial charge in [0.15, 0.2) is 0 Å². The second kappa shape index (κ2) is 6.84. The van der Waals surface area contributed by atoms with E-state index in [0.29, 0.717) is 5.92 Å². The van der Waals surface area contributed by atoms with E-state index < -0.39 is 0 Å². The molecule has 0 radical (unpaired) electrons. The summed E-state index contributed by atoms with van der Waals surface area (Å²) in [7, 11) is 0. The fraction of sp³-hybridized carbons (Fsp3) is 0.222. The van der Waals surface area contributed by atoms with Crippen molar-refractivity contribution in [3.63, 3.8) is 0 Å². The highest BCUT2D eigenvalue weighted by Crippen LogP contribution is 2.15. The average Bonchev–Trinajstić information content (AvgIpc) is 2.46. The van der Waals surface area contributed by atoms with Crippen LogP contribution in [0.25, 0.3) is 12.2 Å². The lowest BCUT2D eigenvalue weighted by atomic mass is 10.0. The van der Waals surface area contributed by atoms with Gasteiger partial charge in [-0.15, -0.1) is 0 Å². The van der Waals surface area contributed by atoms with Gasteiger partial charge in [-0.05, 0) is 41.2 Å². The summed E-state index contributed by atoms with van der Waals surface area (Å²) in [6.07, 6.45) is 5.06. The van der Waals surface area contributed by atoms with E-state index in [1.807, 2.05) is 12.2 Å². The summed E-state index contributed by atoms with van der Waals surface area (Å²) in [5.74, 6) is 0.659. The first-order valence-corrected chi connectivity index (χ1v) is 7.06. The van der Waals surface area contributed by atoms with Crippen molar-refractivity contribution < 1.29 is 4.92 Å². The lowest BCUT2D eigenvalue weighted by Crippen LogP contribution is -1.93. The van der Waals surface area contributed by atoms with Crippen LogP contribution < -0.4 is 0 Å². The molecule has 2 rings (SSSR count). The Hall–Kier alpha value is -2.42. The van der Waals surface area contributed by atoms with Gasteiger partial charge in [-0.2, -0.15) is 0 Å². The van der Waals surface area contributed by atoms with E-state index in [-0.39, 0.29) is 10.6 Å². The predicted molar refractivity (Wildman–Crippen MR) is 87.0 cm³/mol. The third kappa shape index (κ3) is 4.56. The molecule has 0 fully saturated rings. The van der Waals surface area contributed by atoms with Crippen molar-refractivity contribution in [3.05, 3.63) is 75.3 Å². The quantitative estimate of drug-likeness (QED) is 0.441. The second-order valence-corrected chi connectivity index (χ2v) is 5.52. The maximum Gasteiger partial charge on any atom is 0.269 e. The van der Waals surface area contributed by atoms with E-state index in [4.69, 9.17) is 0 Å². The Bertz CT molecular complexity index is 625. The highest BCUT2D eigenvalue weighted by Gasteiger charge is 2.02. The zero-order valence-corrected chi connectivity index (χ0v) is 12.3. The van der Waals surface area contributed by atoms with Crippen LogP contribution in [-0.4, -0.2) is 4.92 Å². The molecule has 3 heteroatoms. The van der Waals surface area contributed by atoms with Crippen LogP contribution in [0.15, 0.2) is 48.5 Å². The Balaban J connectivity index is 2.05. The van der Waals surface area contributed by atoms with Gasteiger partial charge in [0, 0.05) is 12.1 Å². The summed E-state index contributed by atoms with van der Waals surface area (Å²) in [5.41, 5.74) is 3.54. The minimum atomic E-state index is -0.388. The number of nitro benzene ring substituents is 1. The highest BCUT2D eigenvalue weighted by atomic mass is 16.6. The van der Waals surface area contributed by atoms with Crippen molar-refractivity contribution in [2.75, 3.05) is 0 Å². The van der Waals surface area contributed by atoms with Crippen molar-refractivity contribution in [2.45, 2.75) is 20.3 Å². The predicted octanol–water partition coefficient (Wildman–Crippen LogP) is 4.96. The minimum absolute atomic E-state index is 0.116. The fourth-order valence-corrected chi connectivity index (χ4v) is 2.14. The molecule has 0 aliphatic rings. The summed E-state index contributed by atoms with van der Waals surface area (Å²) < 4.78 is 0. The van der Waals surface area contributed by atoms with Gasteiger partial charge in [-0.25, -0.2) is 0 Å². The number of nitrogens with zero attached hydrogens (tertiary/aromatic N) is 1. The number of hydrogen-bond donors (Lipinski definition) is 0. The van der Waals surface area contributed by atoms with E-state index in [1.165, 1.54) is 17.7 Å².